The Morgan fingerprint density at radius 1 is 1.27 bits per heavy atom. The van der Waals surface area contributed by atoms with Gasteiger partial charge < -0.3 is 15.0 Å². The molecule has 0 saturated carbocycles. The van der Waals surface area contributed by atoms with Gasteiger partial charge in [-0.1, -0.05) is 50.8 Å². The fourth-order valence-corrected chi connectivity index (χ4v) is 4.04. The van der Waals surface area contributed by atoms with Crippen LogP contribution < -0.4 is 10.1 Å². The van der Waals surface area contributed by atoms with Gasteiger partial charge in [0.2, 0.25) is 0 Å². The second kappa shape index (κ2) is 7.52. The largest absolute Gasteiger partial charge is 0.412 e. The summed E-state index contributed by atoms with van der Waals surface area (Å²) in [7, 11) is 0. The molecule has 5 heteroatoms. The summed E-state index contributed by atoms with van der Waals surface area (Å²) in [5.74, 6) is 2.18. The summed E-state index contributed by atoms with van der Waals surface area (Å²) >= 11 is 0. The third-order valence-electron chi connectivity index (χ3n) is 5.48. The molecule has 2 heterocycles. The topological polar surface area (TPSA) is 53.9 Å². The van der Waals surface area contributed by atoms with Gasteiger partial charge in [0.05, 0.1) is 5.69 Å². The van der Waals surface area contributed by atoms with Crippen LogP contribution in [0.5, 0.6) is 5.75 Å². The van der Waals surface area contributed by atoms with E-state index in [0.717, 1.165) is 31.5 Å². The summed E-state index contributed by atoms with van der Waals surface area (Å²) in [6.45, 7) is 3.76. The summed E-state index contributed by atoms with van der Waals surface area (Å²) in [5, 5.41) is 2.83. The lowest BCUT2D eigenvalue weighted by Crippen LogP contribution is -2.36. The summed E-state index contributed by atoms with van der Waals surface area (Å²) in [5.41, 5.74) is 2.13. The lowest BCUT2D eigenvalue weighted by molar-refractivity contribution is 0.200. The zero-order valence-corrected chi connectivity index (χ0v) is 15.4. The Morgan fingerprint density at radius 3 is 3.04 bits per heavy atom. The van der Waals surface area contributed by atoms with Gasteiger partial charge in [-0.2, -0.15) is 0 Å². The minimum absolute atomic E-state index is 0.381. The van der Waals surface area contributed by atoms with Crippen molar-refractivity contribution in [2.45, 2.75) is 58.0 Å². The summed E-state index contributed by atoms with van der Waals surface area (Å²) in [6.07, 6.45) is 11.2. The molecule has 1 aliphatic carbocycles. The van der Waals surface area contributed by atoms with Gasteiger partial charge >= 0.3 is 6.09 Å². The Labute approximate surface area is 155 Å². The number of carbonyl (C=O) groups is 1. The van der Waals surface area contributed by atoms with E-state index in [1.54, 1.807) is 0 Å². The molecular weight excluding hydrogens is 326 g/mol. The highest BCUT2D eigenvalue weighted by atomic mass is 16.6. The molecule has 1 amide bonds. The number of ether oxygens (including phenoxy) is 1. The number of hydrogen-bond donors (Lipinski definition) is 1. The van der Waals surface area contributed by atoms with Gasteiger partial charge in [0.15, 0.2) is 0 Å². The van der Waals surface area contributed by atoms with Gasteiger partial charge in [-0.25, -0.2) is 9.79 Å². The Morgan fingerprint density at radius 2 is 2.15 bits per heavy atom. The molecule has 1 N–H and O–H groups in total. The van der Waals surface area contributed by atoms with E-state index in [2.05, 4.69) is 29.3 Å². The van der Waals surface area contributed by atoms with Crippen LogP contribution in [0.4, 0.5) is 10.5 Å². The highest BCUT2D eigenvalue weighted by molar-refractivity contribution is 5.94. The predicted octanol–water partition coefficient (Wildman–Crippen LogP) is 4.55. The number of hydrogen-bond acceptors (Lipinski definition) is 4. The Balaban J connectivity index is 1.32. The van der Waals surface area contributed by atoms with Gasteiger partial charge in [-0.3, -0.25) is 0 Å². The van der Waals surface area contributed by atoms with Crippen molar-refractivity contribution >= 4 is 17.6 Å². The normalized spacial score (nSPS) is 22.0. The molecule has 2 bridgehead atoms. The highest BCUT2D eigenvalue weighted by Crippen LogP contribution is 2.41. The number of aliphatic imine (C=N–C) groups is 1. The van der Waals surface area contributed by atoms with E-state index < -0.39 is 0 Å². The van der Waals surface area contributed by atoms with Crippen LogP contribution in [0.3, 0.4) is 0 Å². The number of amides is 1. The monoisotopic (exact) mass is 353 g/mol. The van der Waals surface area contributed by atoms with Crippen molar-refractivity contribution in [2.75, 3.05) is 6.54 Å². The minimum atomic E-state index is -0.381. The number of amidine groups is 1. The summed E-state index contributed by atoms with van der Waals surface area (Å²) in [4.78, 5) is 19.2. The standard InChI is InChI=1S/C21H27N3O2/c1-2-3-4-5-6-11-22-21(25)26-18-10-8-16-14-24-17-9-7-15(12-17)20(24)23-19(16)13-18/h7-10,13,15,17H,2-6,11-12,14H2,1H3,(H,22,25). The first kappa shape index (κ1) is 17.1. The molecule has 0 aromatic heterocycles. The van der Waals surface area contributed by atoms with Crippen molar-refractivity contribution in [1.82, 2.24) is 10.2 Å². The fraction of sp³-hybridized carbons (Fsp3) is 0.524. The van der Waals surface area contributed by atoms with E-state index in [1.807, 2.05) is 18.2 Å². The average molecular weight is 353 g/mol. The molecule has 5 nitrogen and oxygen atoms in total. The molecule has 26 heavy (non-hydrogen) atoms. The van der Waals surface area contributed by atoms with Crippen molar-refractivity contribution in [1.29, 1.82) is 0 Å². The Kier molecular flexibility index (Phi) is 4.96. The zero-order chi connectivity index (χ0) is 17.9. The minimum Gasteiger partial charge on any atom is -0.410 e. The smallest absolute Gasteiger partial charge is 0.410 e. The van der Waals surface area contributed by atoms with Crippen LogP contribution in [0.2, 0.25) is 0 Å². The van der Waals surface area contributed by atoms with Crippen molar-refractivity contribution in [3.63, 3.8) is 0 Å². The molecule has 2 aliphatic heterocycles. The molecule has 138 valence electrons. The number of fused-ring (bicyclic) bond motifs is 6. The van der Waals surface area contributed by atoms with Crippen LogP contribution in [0.1, 0.15) is 51.0 Å². The molecule has 2 unspecified atom stereocenters. The quantitative estimate of drug-likeness (QED) is 0.578. The van der Waals surface area contributed by atoms with Gasteiger partial charge in [0.25, 0.3) is 0 Å². The van der Waals surface area contributed by atoms with Crippen LogP contribution in [-0.2, 0) is 6.54 Å². The fourth-order valence-electron chi connectivity index (χ4n) is 4.04. The van der Waals surface area contributed by atoms with E-state index >= 15 is 0 Å². The van der Waals surface area contributed by atoms with E-state index in [0.29, 0.717) is 24.3 Å². The maximum atomic E-state index is 12.0. The van der Waals surface area contributed by atoms with E-state index in [9.17, 15) is 4.79 Å². The first-order chi connectivity index (χ1) is 12.7. The molecule has 1 fully saturated rings. The molecule has 1 aromatic carbocycles. The van der Waals surface area contributed by atoms with E-state index in [-0.39, 0.29) is 6.09 Å². The van der Waals surface area contributed by atoms with Crippen molar-refractivity contribution < 1.29 is 9.53 Å². The number of rotatable bonds is 7. The zero-order valence-electron chi connectivity index (χ0n) is 15.4. The number of carbonyl (C=O) groups excluding carboxylic acids is 1. The predicted molar refractivity (Wildman–Crippen MR) is 103 cm³/mol. The van der Waals surface area contributed by atoms with Gasteiger partial charge in [0, 0.05) is 31.1 Å². The van der Waals surface area contributed by atoms with E-state index in [4.69, 9.17) is 9.73 Å². The molecule has 2 atom stereocenters. The van der Waals surface area contributed by atoms with Crippen molar-refractivity contribution in [3.8, 4) is 5.75 Å². The maximum Gasteiger partial charge on any atom is 0.412 e. The Hall–Kier alpha value is -2.30. The van der Waals surface area contributed by atoms with Crippen molar-refractivity contribution in [3.05, 3.63) is 35.9 Å². The highest BCUT2D eigenvalue weighted by Gasteiger charge is 2.40. The molecule has 4 rings (SSSR count). The first-order valence-corrected chi connectivity index (χ1v) is 9.87. The molecular formula is C21H27N3O2. The van der Waals surface area contributed by atoms with Crippen LogP contribution in [0.15, 0.2) is 35.3 Å². The second-order valence-corrected chi connectivity index (χ2v) is 7.41. The molecule has 0 spiro atoms. The third-order valence-corrected chi connectivity index (χ3v) is 5.48. The SMILES string of the molecule is CCCCCCCNC(=O)Oc1ccc2c(c1)N=C1C3C=CC(C3)N1C2. The average Bonchev–Trinajstić information content (AvgIpc) is 3.25. The van der Waals surface area contributed by atoms with Crippen LogP contribution in [0.25, 0.3) is 0 Å². The Bertz CT molecular complexity index is 741. The van der Waals surface area contributed by atoms with E-state index in [1.165, 1.54) is 30.7 Å². The lowest BCUT2D eigenvalue weighted by atomic mass is 10.1. The van der Waals surface area contributed by atoms with Gasteiger partial charge in [-0.05, 0) is 24.5 Å². The van der Waals surface area contributed by atoms with Crippen LogP contribution in [0, 0.1) is 5.92 Å². The van der Waals surface area contributed by atoms with Crippen LogP contribution in [-0.4, -0.2) is 29.4 Å². The number of benzene rings is 1. The summed E-state index contributed by atoms with van der Waals surface area (Å²) < 4.78 is 5.43. The maximum absolute atomic E-state index is 12.0. The number of unbranched alkanes of at least 4 members (excludes halogenated alkanes) is 4. The summed E-state index contributed by atoms with van der Waals surface area (Å²) in [6, 6.07) is 6.28. The molecule has 1 saturated heterocycles. The van der Waals surface area contributed by atoms with Crippen molar-refractivity contribution in [2.24, 2.45) is 10.9 Å². The second-order valence-electron chi connectivity index (χ2n) is 7.41. The number of nitrogens with one attached hydrogen (secondary N) is 1. The first-order valence-electron chi connectivity index (χ1n) is 9.87. The molecule has 1 aromatic rings. The van der Waals surface area contributed by atoms with Crippen LogP contribution >= 0.6 is 0 Å². The van der Waals surface area contributed by atoms with Gasteiger partial charge in [-0.15, -0.1) is 0 Å². The van der Waals surface area contributed by atoms with Gasteiger partial charge in [0.1, 0.15) is 11.6 Å². The molecule has 0 radical (unpaired) electrons. The lowest BCUT2D eigenvalue weighted by Gasteiger charge is -2.31. The number of nitrogens with zero attached hydrogens (tertiary/aromatic N) is 2. The third kappa shape index (κ3) is 3.48. The molecule has 3 aliphatic rings.